The van der Waals surface area contributed by atoms with E-state index in [4.69, 9.17) is 9.47 Å². The summed E-state index contributed by atoms with van der Waals surface area (Å²) in [7, 11) is 2.10. The Morgan fingerprint density at radius 1 is 1.15 bits per heavy atom. The van der Waals surface area contributed by atoms with Crippen molar-refractivity contribution in [1.82, 2.24) is 10.2 Å². The molecular weight excluding hydrogens is 252 g/mol. The number of nitrogens with zero attached hydrogens (tertiary/aromatic N) is 1. The van der Waals surface area contributed by atoms with Gasteiger partial charge in [0, 0.05) is 31.5 Å². The van der Waals surface area contributed by atoms with Crippen LogP contribution in [0.5, 0.6) is 0 Å². The molecular formula is C16H30N2O2. The molecule has 2 aliphatic heterocycles. The molecule has 1 aliphatic carbocycles. The van der Waals surface area contributed by atoms with Crippen LogP contribution in [0, 0.1) is 5.41 Å². The quantitative estimate of drug-likeness (QED) is 0.840. The van der Waals surface area contributed by atoms with Crippen LogP contribution in [0.3, 0.4) is 0 Å². The maximum Gasteiger partial charge on any atom is 0.170 e. The van der Waals surface area contributed by atoms with Gasteiger partial charge in [-0.2, -0.15) is 0 Å². The average molecular weight is 282 g/mol. The summed E-state index contributed by atoms with van der Waals surface area (Å²) in [6, 6.07) is 1.12. The number of piperidine rings is 1. The molecule has 2 heterocycles. The van der Waals surface area contributed by atoms with Crippen molar-refractivity contribution in [2.75, 3.05) is 33.4 Å². The van der Waals surface area contributed by atoms with Crippen LogP contribution < -0.4 is 5.32 Å². The molecule has 20 heavy (non-hydrogen) atoms. The first-order valence-electron chi connectivity index (χ1n) is 8.23. The summed E-state index contributed by atoms with van der Waals surface area (Å²) in [6.45, 7) is 8.75. The Hall–Kier alpha value is -0.160. The maximum absolute atomic E-state index is 5.97. The first-order valence-corrected chi connectivity index (χ1v) is 8.23. The van der Waals surface area contributed by atoms with Gasteiger partial charge in [-0.25, -0.2) is 0 Å². The summed E-state index contributed by atoms with van der Waals surface area (Å²) in [5, 5.41) is 3.53. The van der Waals surface area contributed by atoms with Gasteiger partial charge in [-0.05, 0) is 38.3 Å². The van der Waals surface area contributed by atoms with E-state index in [2.05, 4.69) is 31.1 Å². The van der Waals surface area contributed by atoms with Gasteiger partial charge in [-0.1, -0.05) is 13.8 Å². The van der Waals surface area contributed by atoms with Crippen molar-refractivity contribution in [3.05, 3.63) is 0 Å². The van der Waals surface area contributed by atoms with Crippen LogP contribution >= 0.6 is 0 Å². The highest BCUT2D eigenvalue weighted by atomic mass is 16.7. The van der Waals surface area contributed by atoms with Crippen LogP contribution in [0.15, 0.2) is 0 Å². The molecule has 1 saturated carbocycles. The summed E-state index contributed by atoms with van der Waals surface area (Å²) in [6.07, 6.45) is 5.87. The lowest BCUT2D eigenvalue weighted by Gasteiger charge is -2.49. The SMILES string of the molecule is CNC1CCC2(CC1N1CCCC(C)(C)C1)OCCO2. The van der Waals surface area contributed by atoms with Gasteiger partial charge in [0.2, 0.25) is 0 Å². The molecule has 0 bridgehead atoms. The van der Waals surface area contributed by atoms with E-state index >= 15 is 0 Å². The van der Waals surface area contributed by atoms with Crippen molar-refractivity contribution >= 4 is 0 Å². The normalized spacial score (nSPS) is 37.4. The standard InChI is InChI=1S/C16H30N2O2/c1-15(2)6-4-8-18(12-15)14-11-16(19-9-10-20-16)7-5-13(14)17-3/h13-14,17H,4-12H2,1-3H3. The van der Waals surface area contributed by atoms with Gasteiger partial charge in [0.15, 0.2) is 5.79 Å². The summed E-state index contributed by atoms with van der Waals surface area (Å²) >= 11 is 0. The number of rotatable bonds is 2. The summed E-state index contributed by atoms with van der Waals surface area (Å²) in [4.78, 5) is 2.69. The van der Waals surface area contributed by atoms with Gasteiger partial charge in [-0.15, -0.1) is 0 Å². The van der Waals surface area contributed by atoms with E-state index in [0.717, 1.165) is 32.5 Å². The fourth-order valence-electron chi connectivity index (χ4n) is 4.36. The highest BCUT2D eigenvalue weighted by Crippen LogP contribution is 2.40. The van der Waals surface area contributed by atoms with Crippen LogP contribution in [-0.2, 0) is 9.47 Å². The molecule has 2 saturated heterocycles. The summed E-state index contributed by atoms with van der Waals surface area (Å²) in [5.41, 5.74) is 0.443. The lowest BCUT2D eigenvalue weighted by Crippen LogP contribution is -2.59. The number of likely N-dealkylation sites (tertiary alicyclic amines) is 1. The Morgan fingerprint density at radius 3 is 2.55 bits per heavy atom. The molecule has 116 valence electrons. The molecule has 0 aromatic rings. The molecule has 0 aromatic heterocycles. The zero-order valence-electron chi connectivity index (χ0n) is 13.3. The lowest BCUT2D eigenvalue weighted by atomic mass is 9.79. The first kappa shape index (κ1) is 14.8. The third-order valence-corrected chi connectivity index (χ3v) is 5.40. The topological polar surface area (TPSA) is 33.7 Å². The fraction of sp³-hybridized carbons (Fsp3) is 1.00. The largest absolute Gasteiger partial charge is 0.347 e. The smallest absolute Gasteiger partial charge is 0.170 e. The molecule has 3 rings (SSSR count). The number of hydrogen-bond acceptors (Lipinski definition) is 4. The van der Waals surface area contributed by atoms with E-state index in [-0.39, 0.29) is 5.79 Å². The molecule has 4 nitrogen and oxygen atoms in total. The van der Waals surface area contributed by atoms with E-state index in [1.165, 1.54) is 25.9 Å². The Kier molecular flexibility index (Phi) is 4.10. The second kappa shape index (κ2) is 5.56. The van der Waals surface area contributed by atoms with E-state index in [1.807, 2.05) is 0 Å². The predicted molar refractivity (Wildman–Crippen MR) is 79.7 cm³/mol. The number of nitrogens with one attached hydrogen (secondary N) is 1. The van der Waals surface area contributed by atoms with Gasteiger partial charge < -0.3 is 14.8 Å². The van der Waals surface area contributed by atoms with Crippen molar-refractivity contribution in [3.63, 3.8) is 0 Å². The third-order valence-electron chi connectivity index (χ3n) is 5.40. The van der Waals surface area contributed by atoms with E-state index in [9.17, 15) is 0 Å². The molecule has 1 N–H and O–H groups in total. The molecule has 2 unspecified atom stereocenters. The molecule has 0 radical (unpaired) electrons. The summed E-state index contributed by atoms with van der Waals surface area (Å²) < 4.78 is 11.9. The predicted octanol–water partition coefficient (Wildman–Crippen LogP) is 1.99. The average Bonchev–Trinajstić information content (AvgIpc) is 2.86. The van der Waals surface area contributed by atoms with E-state index < -0.39 is 0 Å². The van der Waals surface area contributed by atoms with Gasteiger partial charge in [-0.3, -0.25) is 4.90 Å². The van der Waals surface area contributed by atoms with Crippen LogP contribution in [-0.4, -0.2) is 56.1 Å². The number of hydrogen-bond donors (Lipinski definition) is 1. The van der Waals surface area contributed by atoms with Gasteiger partial charge in [0.25, 0.3) is 0 Å². The molecule has 0 aromatic carbocycles. The van der Waals surface area contributed by atoms with E-state index in [1.54, 1.807) is 0 Å². The summed E-state index contributed by atoms with van der Waals surface area (Å²) in [5.74, 6) is -0.278. The highest BCUT2D eigenvalue weighted by molar-refractivity contribution is 4.98. The molecule has 1 spiro atoms. The van der Waals surface area contributed by atoms with Crippen LogP contribution in [0.25, 0.3) is 0 Å². The number of likely N-dealkylation sites (N-methyl/N-ethyl adjacent to an activating group) is 1. The Balaban J connectivity index is 1.73. The van der Waals surface area contributed by atoms with Gasteiger partial charge in [0.1, 0.15) is 0 Å². The van der Waals surface area contributed by atoms with Crippen LogP contribution in [0.1, 0.15) is 46.0 Å². The minimum absolute atomic E-state index is 0.278. The number of ether oxygens (including phenoxy) is 2. The van der Waals surface area contributed by atoms with Crippen molar-refractivity contribution in [2.24, 2.45) is 5.41 Å². The minimum Gasteiger partial charge on any atom is -0.347 e. The van der Waals surface area contributed by atoms with Crippen molar-refractivity contribution < 1.29 is 9.47 Å². The minimum atomic E-state index is -0.278. The molecule has 3 fully saturated rings. The van der Waals surface area contributed by atoms with E-state index in [0.29, 0.717) is 17.5 Å². The molecule has 2 atom stereocenters. The second-order valence-corrected chi connectivity index (χ2v) is 7.55. The van der Waals surface area contributed by atoms with Crippen LogP contribution in [0.2, 0.25) is 0 Å². The third kappa shape index (κ3) is 2.89. The highest BCUT2D eigenvalue weighted by Gasteiger charge is 2.47. The zero-order chi connectivity index (χ0) is 14.2. The van der Waals surface area contributed by atoms with Crippen molar-refractivity contribution in [3.8, 4) is 0 Å². The molecule has 0 amide bonds. The lowest BCUT2D eigenvalue weighted by molar-refractivity contribution is -0.195. The monoisotopic (exact) mass is 282 g/mol. The van der Waals surface area contributed by atoms with Gasteiger partial charge in [0.05, 0.1) is 13.2 Å². The van der Waals surface area contributed by atoms with Crippen LogP contribution in [0.4, 0.5) is 0 Å². The Labute approximate surface area is 123 Å². The fourth-order valence-corrected chi connectivity index (χ4v) is 4.36. The molecule has 4 heteroatoms. The molecule has 3 aliphatic rings. The second-order valence-electron chi connectivity index (χ2n) is 7.55. The van der Waals surface area contributed by atoms with Gasteiger partial charge >= 0.3 is 0 Å². The Bertz CT molecular complexity index is 339. The van der Waals surface area contributed by atoms with Crippen molar-refractivity contribution in [2.45, 2.75) is 63.8 Å². The Morgan fingerprint density at radius 2 is 1.90 bits per heavy atom. The first-order chi connectivity index (χ1) is 9.54. The van der Waals surface area contributed by atoms with Crippen molar-refractivity contribution in [1.29, 1.82) is 0 Å². The maximum atomic E-state index is 5.97. The zero-order valence-corrected chi connectivity index (χ0v) is 13.3.